The van der Waals surface area contributed by atoms with Gasteiger partial charge in [0.25, 0.3) is 0 Å². The maximum atomic E-state index is 10.4. The van der Waals surface area contributed by atoms with Crippen molar-refractivity contribution in [2.24, 2.45) is 5.92 Å². The Hall–Kier alpha value is -1.04. The summed E-state index contributed by atoms with van der Waals surface area (Å²) in [4.78, 5) is 13.6. The molecule has 0 bridgehead atoms. The molecule has 2 aliphatic heterocycles. The van der Waals surface area contributed by atoms with Gasteiger partial charge in [-0.3, -0.25) is 4.90 Å². The number of fused-ring (bicyclic) bond motifs is 1. The van der Waals surface area contributed by atoms with Crippen molar-refractivity contribution in [1.29, 1.82) is 0 Å². The van der Waals surface area contributed by atoms with Gasteiger partial charge in [0.15, 0.2) is 0 Å². The normalized spacial score (nSPS) is 22.5. The van der Waals surface area contributed by atoms with Crippen LogP contribution in [0.2, 0.25) is 0 Å². The van der Waals surface area contributed by atoms with Crippen LogP contribution in [0.4, 0.5) is 0 Å². The van der Waals surface area contributed by atoms with Crippen LogP contribution >= 0.6 is 0 Å². The molecule has 3 rings (SSSR count). The quantitative estimate of drug-likeness (QED) is 0.907. The zero-order valence-electron chi connectivity index (χ0n) is 13.8. The third-order valence-corrected chi connectivity index (χ3v) is 4.96. The number of aliphatic hydroxyl groups is 1. The van der Waals surface area contributed by atoms with Crippen LogP contribution in [0.25, 0.3) is 0 Å². The molecule has 0 aromatic carbocycles. The van der Waals surface area contributed by atoms with E-state index in [2.05, 4.69) is 26.7 Å². The monoisotopic (exact) mass is 304 g/mol. The largest absolute Gasteiger partial charge is 0.390 e. The summed E-state index contributed by atoms with van der Waals surface area (Å²) in [5.41, 5.74) is 2.40. The minimum atomic E-state index is -0.266. The number of piperidine rings is 1. The first-order valence-electron chi connectivity index (χ1n) is 8.54. The molecular weight excluding hydrogens is 276 g/mol. The zero-order valence-corrected chi connectivity index (χ0v) is 13.8. The Morgan fingerprint density at radius 2 is 1.95 bits per heavy atom. The van der Waals surface area contributed by atoms with Crippen molar-refractivity contribution in [2.45, 2.75) is 45.8 Å². The van der Waals surface area contributed by atoms with E-state index >= 15 is 0 Å². The molecule has 0 unspecified atom stereocenters. The Morgan fingerprint density at radius 1 is 1.23 bits per heavy atom. The van der Waals surface area contributed by atoms with Gasteiger partial charge in [-0.15, -0.1) is 0 Å². The highest BCUT2D eigenvalue weighted by atomic mass is 16.3. The molecule has 2 aliphatic rings. The average Bonchev–Trinajstić information content (AvgIpc) is 2.49. The molecule has 0 amide bonds. The van der Waals surface area contributed by atoms with Gasteiger partial charge in [0.2, 0.25) is 0 Å². The Balaban J connectivity index is 1.49. The molecule has 1 N–H and O–H groups in total. The molecule has 0 radical (unpaired) electrons. The third-order valence-electron chi connectivity index (χ3n) is 4.96. The number of hydrogen-bond donors (Lipinski definition) is 1. The van der Waals surface area contributed by atoms with E-state index in [1.807, 2.05) is 13.1 Å². The highest BCUT2D eigenvalue weighted by molar-refractivity contribution is 5.20. The van der Waals surface area contributed by atoms with Crippen LogP contribution in [0.3, 0.4) is 0 Å². The highest BCUT2D eigenvalue weighted by Crippen LogP contribution is 2.18. The fourth-order valence-electron chi connectivity index (χ4n) is 3.51. The van der Waals surface area contributed by atoms with E-state index in [9.17, 15) is 5.11 Å². The number of nitrogens with zero attached hydrogens (tertiary/aromatic N) is 4. The van der Waals surface area contributed by atoms with Crippen molar-refractivity contribution in [2.75, 3.05) is 32.7 Å². The first-order valence-corrected chi connectivity index (χ1v) is 8.54. The van der Waals surface area contributed by atoms with Gasteiger partial charge < -0.3 is 10.0 Å². The summed E-state index contributed by atoms with van der Waals surface area (Å²) in [7, 11) is 0. The van der Waals surface area contributed by atoms with Gasteiger partial charge in [0.05, 0.1) is 11.8 Å². The molecule has 122 valence electrons. The molecule has 22 heavy (non-hydrogen) atoms. The van der Waals surface area contributed by atoms with E-state index in [0.29, 0.717) is 0 Å². The number of β-amino-alcohol motifs (C(OH)–C–C–N with tert-alkyl or cyclic N) is 1. The zero-order chi connectivity index (χ0) is 15.5. The molecule has 1 fully saturated rings. The minimum absolute atomic E-state index is 0.266. The van der Waals surface area contributed by atoms with Crippen molar-refractivity contribution < 1.29 is 5.11 Å². The molecule has 0 aliphatic carbocycles. The maximum Gasteiger partial charge on any atom is 0.125 e. The van der Waals surface area contributed by atoms with Crippen molar-refractivity contribution in [3.8, 4) is 0 Å². The summed E-state index contributed by atoms with van der Waals surface area (Å²) in [5, 5.41) is 10.4. The predicted octanol–water partition coefficient (Wildman–Crippen LogP) is 1.24. The van der Waals surface area contributed by atoms with Crippen LogP contribution in [-0.2, 0) is 13.0 Å². The summed E-state index contributed by atoms with van der Waals surface area (Å²) in [6.07, 6.45) is 5.21. The van der Waals surface area contributed by atoms with Gasteiger partial charge in [-0.05, 0) is 50.8 Å². The SMILES string of the molecule is Cc1ncc2c(n1)CN(C[C@H](O)CN1CCC(C)CC1)CC2. The Kier molecular flexibility index (Phi) is 5.06. The van der Waals surface area contributed by atoms with Crippen LogP contribution in [-0.4, -0.2) is 63.7 Å². The Morgan fingerprint density at radius 3 is 2.73 bits per heavy atom. The van der Waals surface area contributed by atoms with Crippen molar-refractivity contribution in [3.05, 3.63) is 23.3 Å². The Labute approximate surface area is 133 Å². The number of aromatic nitrogens is 2. The lowest BCUT2D eigenvalue weighted by Crippen LogP contribution is -2.44. The van der Waals surface area contributed by atoms with E-state index in [0.717, 1.165) is 63.1 Å². The molecule has 1 saturated heterocycles. The fourth-order valence-corrected chi connectivity index (χ4v) is 3.51. The highest BCUT2D eigenvalue weighted by Gasteiger charge is 2.23. The number of aryl methyl sites for hydroxylation is 1. The van der Waals surface area contributed by atoms with Gasteiger partial charge >= 0.3 is 0 Å². The first-order chi connectivity index (χ1) is 10.6. The fraction of sp³-hybridized carbons (Fsp3) is 0.765. The molecule has 1 atom stereocenters. The number of hydrogen-bond acceptors (Lipinski definition) is 5. The lowest BCUT2D eigenvalue weighted by molar-refractivity contribution is 0.0571. The Bertz CT molecular complexity index is 499. The summed E-state index contributed by atoms with van der Waals surface area (Å²) < 4.78 is 0. The van der Waals surface area contributed by atoms with Gasteiger partial charge in [0.1, 0.15) is 5.82 Å². The van der Waals surface area contributed by atoms with E-state index in [1.165, 1.54) is 18.4 Å². The standard InChI is InChI=1S/C17H28N4O/c1-13-3-6-20(7-4-13)10-16(22)11-21-8-5-15-9-18-14(2)19-17(15)12-21/h9,13,16,22H,3-8,10-12H2,1-2H3/t16-/m1/s1. The number of likely N-dealkylation sites (tertiary alicyclic amines) is 1. The van der Waals surface area contributed by atoms with Crippen LogP contribution < -0.4 is 0 Å². The molecular formula is C17H28N4O. The second kappa shape index (κ2) is 7.02. The molecule has 0 spiro atoms. The predicted molar refractivity (Wildman–Crippen MR) is 86.6 cm³/mol. The molecule has 1 aromatic rings. The van der Waals surface area contributed by atoms with Crippen molar-refractivity contribution in [1.82, 2.24) is 19.8 Å². The second-order valence-electron chi connectivity index (χ2n) is 7.01. The van der Waals surface area contributed by atoms with Crippen molar-refractivity contribution in [3.63, 3.8) is 0 Å². The average molecular weight is 304 g/mol. The van der Waals surface area contributed by atoms with Crippen LogP contribution in [0, 0.1) is 12.8 Å². The van der Waals surface area contributed by atoms with Gasteiger partial charge in [-0.2, -0.15) is 0 Å². The first kappa shape index (κ1) is 15.8. The van der Waals surface area contributed by atoms with Crippen LogP contribution in [0.1, 0.15) is 36.8 Å². The number of aliphatic hydroxyl groups excluding tert-OH is 1. The van der Waals surface area contributed by atoms with E-state index in [1.54, 1.807) is 0 Å². The second-order valence-corrected chi connectivity index (χ2v) is 7.01. The lowest BCUT2D eigenvalue weighted by Gasteiger charge is -2.34. The molecule has 5 nitrogen and oxygen atoms in total. The van der Waals surface area contributed by atoms with E-state index < -0.39 is 0 Å². The summed E-state index contributed by atoms with van der Waals surface area (Å²) >= 11 is 0. The van der Waals surface area contributed by atoms with Crippen LogP contribution in [0.15, 0.2) is 6.20 Å². The minimum Gasteiger partial charge on any atom is -0.390 e. The topological polar surface area (TPSA) is 52.5 Å². The molecule has 1 aromatic heterocycles. The van der Waals surface area contributed by atoms with Crippen LogP contribution in [0.5, 0.6) is 0 Å². The van der Waals surface area contributed by atoms with Crippen molar-refractivity contribution >= 4 is 0 Å². The number of rotatable bonds is 4. The smallest absolute Gasteiger partial charge is 0.125 e. The summed E-state index contributed by atoms with van der Waals surface area (Å²) in [6.45, 7) is 9.91. The molecule has 3 heterocycles. The summed E-state index contributed by atoms with van der Waals surface area (Å²) in [6, 6.07) is 0. The van der Waals surface area contributed by atoms with Gasteiger partial charge in [-0.25, -0.2) is 9.97 Å². The van der Waals surface area contributed by atoms with E-state index in [4.69, 9.17) is 0 Å². The maximum absolute atomic E-state index is 10.4. The lowest BCUT2D eigenvalue weighted by atomic mass is 9.99. The summed E-state index contributed by atoms with van der Waals surface area (Å²) in [5.74, 6) is 1.68. The van der Waals surface area contributed by atoms with Gasteiger partial charge in [-0.1, -0.05) is 6.92 Å². The van der Waals surface area contributed by atoms with E-state index in [-0.39, 0.29) is 6.10 Å². The molecule has 5 heteroatoms. The third kappa shape index (κ3) is 4.03. The van der Waals surface area contributed by atoms with Gasteiger partial charge in [0, 0.05) is 32.4 Å². The molecule has 0 saturated carbocycles.